The van der Waals surface area contributed by atoms with Crippen LogP contribution < -0.4 is 11.1 Å². The molecule has 1 amide bonds. The standard InChI is InChI=1S/C18H23ClN4O2/c1-18(2,3)25-17(24)21-9-7-5-6-8-12-13-11-23(4)22-15(13)10-14(19)16(12)20/h10-11H,5,7,9,20H2,1-4H3,(H,21,24). The van der Waals surface area contributed by atoms with E-state index in [0.29, 0.717) is 35.7 Å². The van der Waals surface area contributed by atoms with E-state index in [0.717, 1.165) is 10.9 Å². The van der Waals surface area contributed by atoms with Gasteiger partial charge >= 0.3 is 6.09 Å². The lowest BCUT2D eigenvalue weighted by atomic mass is 10.1. The molecular weight excluding hydrogens is 340 g/mol. The number of benzene rings is 1. The summed E-state index contributed by atoms with van der Waals surface area (Å²) in [5.41, 5.74) is 7.47. The summed E-state index contributed by atoms with van der Waals surface area (Å²) in [6, 6.07) is 1.74. The number of fused-ring (bicyclic) bond motifs is 1. The Kier molecular flexibility index (Phi) is 5.81. The van der Waals surface area contributed by atoms with Crippen molar-refractivity contribution in [3.8, 4) is 11.8 Å². The highest BCUT2D eigenvalue weighted by Gasteiger charge is 2.15. The van der Waals surface area contributed by atoms with Crippen LogP contribution in [-0.4, -0.2) is 28.0 Å². The van der Waals surface area contributed by atoms with E-state index in [1.807, 2.05) is 34.0 Å². The lowest BCUT2D eigenvalue weighted by Gasteiger charge is -2.19. The van der Waals surface area contributed by atoms with Crippen molar-refractivity contribution in [3.05, 3.63) is 22.8 Å². The number of nitrogens with one attached hydrogen (secondary N) is 1. The van der Waals surface area contributed by atoms with E-state index in [1.54, 1.807) is 10.7 Å². The summed E-state index contributed by atoms with van der Waals surface area (Å²) >= 11 is 6.15. The van der Waals surface area contributed by atoms with E-state index in [-0.39, 0.29) is 0 Å². The number of carbonyl (C=O) groups excluding carboxylic acids is 1. The predicted molar refractivity (Wildman–Crippen MR) is 100 cm³/mol. The summed E-state index contributed by atoms with van der Waals surface area (Å²) in [6.07, 6.45) is 2.78. The predicted octanol–water partition coefficient (Wildman–Crippen LogP) is 3.47. The number of alkyl carbamates (subject to hydrolysis) is 1. The zero-order valence-electron chi connectivity index (χ0n) is 14.9. The Hall–Kier alpha value is -2.39. The third-order valence-corrected chi connectivity index (χ3v) is 3.59. The SMILES string of the molecule is Cn1cc2c(C#CCCCNC(=O)OC(C)(C)C)c(N)c(Cl)cc2n1. The van der Waals surface area contributed by atoms with Crippen molar-refractivity contribution in [1.82, 2.24) is 15.1 Å². The number of nitrogens with zero attached hydrogens (tertiary/aromatic N) is 2. The largest absolute Gasteiger partial charge is 0.444 e. The van der Waals surface area contributed by atoms with Gasteiger partial charge in [-0.2, -0.15) is 5.10 Å². The third-order valence-electron chi connectivity index (χ3n) is 3.28. The second kappa shape index (κ2) is 7.66. The summed E-state index contributed by atoms with van der Waals surface area (Å²) in [7, 11) is 1.84. The number of aromatic nitrogens is 2. The Balaban J connectivity index is 1.95. The Morgan fingerprint density at radius 3 is 2.88 bits per heavy atom. The van der Waals surface area contributed by atoms with Crippen molar-refractivity contribution in [2.75, 3.05) is 12.3 Å². The van der Waals surface area contributed by atoms with E-state index in [9.17, 15) is 4.79 Å². The molecule has 0 saturated heterocycles. The first-order chi connectivity index (χ1) is 11.7. The highest BCUT2D eigenvalue weighted by Crippen LogP contribution is 2.30. The van der Waals surface area contributed by atoms with Crippen molar-refractivity contribution >= 4 is 34.3 Å². The van der Waals surface area contributed by atoms with Gasteiger partial charge in [-0.05, 0) is 33.3 Å². The molecule has 1 heterocycles. The van der Waals surface area contributed by atoms with Crippen molar-refractivity contribution < 1.29 is 9.53 Å². The number of hydrogen-bond donors (Lipinski definition) is 2. The first kappa shape index (κ1) is 18.9. The smallest absolute Gasteiger partial charge is 0.407 e. The number of anilines is 1. The van der Waals surface area contributed by atoms with Gasteiger partial charge in [0.25, 0.3) is 0 Å². The van der Waals surface area contributed by atoms with Crippen LogP contribution in [0.1, 0.15) is 39.2 Å². The second-order valence-corrected chi connectivity index (χ2v) is 7.12. The van der Waals surface area contributed by atoms with Gasteiger partial charge in [0.1, 0.15) is 5.60 Å². The van der Waals surface area contributed by atoms with Crippen molar-refractivity contribution in [3.63, 3.8) is 0 Å². The monoisotopic (exact) mass is 362 g/mol. The van der Waals surface area contributed by atoms with Gasteiger partial charge in [-0.15, -0.1) is 0 Å². The number of halogens is 1. The maximum absolute atomic E-state index is 11.5. The minimum absolute atomic E-state index is 0.420. The van der Waals surface area contributed by atoms with Gasteiger partial charge in [0.05, 0.1) is 21.8 Å². The maximum atomic E-state index is 11.5. The van der Waals surface area contributed by atoms with E-state index in [1.165, 1.54) is 0 Å². The fourth-order valence-corrected chi connectivity index (χ4v) is 2.43. The van der Waals surface area contributed by atoms with Gasteiger partial charge < -0.3 is 15.8 Å². The molecule has 0 fully saturated rings. The van der Waals surface area contributed by atoms with E-state index in [2.05, 4.69) is 22.3 Å². The molecule has 0 bridgehead atoms. The summed E-state index contributed by atoms with van der Waals surface area (Å²) in [5, 5.41) is 8.36. The van der Waals surface area contributed by atoms with Gasteiger partial charge in [0.15, 0.2) is 0 Å². The van der Waals surface area contributed by atoms with Crippen LogP contribution in [0.5, 0.6) is 0 Å². The molecule has 25 heavy (non-hydrogen) atoms. The van der Waals surface area contributed by atoms with Crippen LogP contribution in [0.3, 0.4) is 0 Å². The maximum Gasteiger partial charge on any atom is 0.407 e. The van der Waals surface area contributed by atoms with Gasteiger partial charge in [0.2, 0.25) is 0 Å². The Bertz CT molecular complexity index is 841. The van der Waals surface area contributed by atoms with Crippen LogP contribution in [0, 0.1) is 11.8 Å². The molecule has 1 aromatic heterocycles. The van der Waals surface area contributed by atoms with Gasteiger partial charge in [0, 0.05) is 31.6 Å². The number of amides is 1. The quantitative estimate of drug-likeness (QED) is 0.497. The molecular formula is C18H23ClN4O2. The first-order valence-electron chi connectivity index (χ1n) is 8.04. The molecule has 6 nitrogen and oxygen atoms in total. The average Bonchev–Trinajstić information content (AvgIpc) is 2.84. The third kappa shape index (κ3) is 5.30. The summed E-state index contributed by atoms with van der Waals surface area (Å²) < 4.78 is 6.87. The molecule has 3 N–H and O–H groups in total. The lowest BCUT2D eigenvalue weighted by molar-refractivity contribution is 0.0527. The number of carbonyl (C=O) groups is 1. The van der Waals surface area contributed by atoms with E-state index < -0.39 is 11.7 Å². The molecule has 1 aromatic carbocycles. The number of unbranched alkanes of at least 4 members (excludes halogenated alkanes) is 1. The Labute approximate surface area is 152 Å². The van der Waals surface area contributed by atoms with E-state index >= 15 is 0 Å². The number of nitrogen functional groups attached to an aromatic ring is 1. The zero-order valence-corrected chi connectivity index (χ0v) is 15.7. The highest BCUT2D eigenvalue weighted by molar-refractivity contribution is 6.34. The molecule has 0 saturated carbocycles. The first-order valence-corrected chi connectivity index (χ1v) is 8.42. The fraction of sp³-hybridized carbons (Fsp3) is 0.444. The van der Waals surface area contributed by atoms with E-state index in [4.69, 9.17) is 22.1 Å². The number of ether oxygens (including phenoxy) is 1. The fourth-order valence-electron chi connectivity index (χ4n) is 2.23. The zero-order chi connectivity index (χ0) is 18.6. The molecule has 0 aliphatic heterocycles. The molecule has 134 valence electrons. The molecule has 0 aliphatic rings. The molecule has 0 aliphatic carbocycles. The van der Waals surface area contributed by atoms with Crippen LogP contribution in [-0.2, 0) is 11.8 Å². The number of nitrogens with two attached hydrogens (primary N) is 1. The van der Waals surface area contributed by atoms with Crippen LogP contribution in [0.4, 0.5) is 10.5 Å². The van der Waals surface area contributed by atoms with Gasteiger partial charge in [-0.25, -0.2) is 4.79 Å². The molecule has 0 radical (unpaired) electrons. The van der Waals surface area contributed by atoms with Crippen LogP contribution in [0.25, 0.3) is 10.9 Å². The van der Waals surface area contributed by atoms with Crippen molar-refractivity contribution in [1.29, 1.82) is 0 Å². The summed E-state index contributed by atoms with van der Waals surface area (Å²) in [5.74, 6) is 6.16. The Morgan fingerprint density at radius 2 is 2.20 bits per heavy atom. The topological polar surface area (TPSA) is 82.2 Å². The van der Waals surface area contributed by atoms with Gasteiger partial charge in [-0.3, -0.25) is 4.68 Å². The van der Waals surface area contributed by atoms with Crippen LogP contribution in [0.2, 0.25) is 5.02 Å². The van der Waals surface area contributed by atoms with Crippen molar-refractivity contribution in [2.45, 2.75) is 39.2 Å². The molecule has 0 atom stereocenters. The van der Waals surface area contributed by atoms with Crippen molar-refractivity contribution in [2.24, 2.45) is 7.05 Å². The lowest BCUT2D eigenvalue weighted by Crippen LogP contribution is -2.32. The average molecular weight is 363 g/mol. The summed E-state index contributed by atoms with van der Waals surface area (Å²) in [4.78, 5) is 11.5. The highest BCUT2D eigenvalue weighted by atomic mass is 35.5. The number of aryl methyl sites for hydroxylation is 1. The number of rotatable bonds is 3. The van der Waals surface area contributed by atoms with Gasteiger partial charge in [-0.1, -0.05) is 23.4 Å². The van der Waals surface area contributed by atoms with Crippen LogP contribution >= 0.6 is 11.6 Å². The molecule has 0 unspecified atom stereocenters. The minimum atomic E-state index is -0.497. The summed E-state index contributed by atoms with van der Waals surface area (Å²) in [6.45, 7) is 5.98. The second-order valence-electron chi connectivity index (χ2n) is 6.72. The normalized spacial score (nSPS) is 11.1. The van der Waals surface area contributed by atoms with Crippen LogP contribution in [0.15, 0.2) is 12.3 Å². The number of hydrogen-bond acceptors (Lipinski definition) is 4. The minimum Gasteiger partial charge on any atom is -0.444 e. The molecule has 2 aromatic rings. The Morgan fingerprint density at radius 1 is 1.48 bits per heavy atom. The molecule has 2 rings (SSSR count). The molecule has 7 heteroatoms. The molecule has 0 spiro atoms.